The van der Waals surface area contributed by atoms with Crippen molar-refractivity contribution in [3.63, 3.8) is 0 Å². The van der Waals surface area contributed by atoms with Gasteiger partial charge in [0, 0.05) is 13.1 Å². The van der Waals surface area contributed by atoms with E-state index in [1.54, 1.807) is 4.90 Å². The van der Waals surface area contributed by atoms with E-state index < -0.39 is 0 Å². The molecule has 0 aromatic carbocycles. The second-order valence-corrected chi connectivity index (χ2v) is 3.69. The molecule has 4 nitrogen and oxygen atoms in total. The second-order valence-electron chi connectivity index (χ2n) is 3.69. The Bertz CT molecular complexity index is 177. The topological polar surface area (TPSA) is 41.6 Å². The molecule has 0 saturated carbocycles. The van der Waals surface area contributed by atoms with Crippen molar-refractivity contribution in [3.8, 4) is 0 Å². The molecule has 1 fully saturated rings. The molecule has 1 N–H and O–H groups in total. The molecule has 0 aromatic heterocycles. The molecule has 4 heteroatoms. The Morgan fingerprint density at radius 2 is 2.14 bits per heavy atom. The molecule has 1 rings (SSSR count). The molecule has 0 bridgehead atoms. The van der Waals surface area contributed by atoms with Crippen LogP contribution in [-0.2, 0) is 4.74 Å². The van der Waals surface area contributed by atoms with Crippen LogP contribution in [0.15, 0.2) is 0 Å². The summed E-state index contributed by atoms with van der Waals surface area (Å²) in [6, 6.07) is 0. The Hall–Kier alpha value is -0.770. The van der Waals surface area contributed by atoms with Crippen molar-refractivity contribution < 1.29 is 9.53 Å². The number of hydrogen-bond donors (Lipinski definition) is 1. The van der Waals surface area contributed by atoms with E-state index in [2.05, 4.69) is 5.32 Å². The first kappa shape index (κ1) is 11.3. The van der Waals surface area contributed by atoms with Crippen molar-refractivity contribution >= 4 is 6.09 Å². The maximum atomic E-state index is 11.4. The SMILES string of the molecule is CCOC(=O)N1CCC(CNC)CC1. The summed E-state index contributed by atoms with van der Waals surface area (Å²) in [5, 5.41) is 3.17. The van der Waals surface area contributed by atoms with Gasteiger partial charge < -0.3 is 15.0 Å². The maximum Gasteiger partial charge on any atom is 0.409 e. The highest BCUT2D eigenvalue weighted by atomic mass is 16.6. The van der Waals surface area contributed by atoms with E-state index in [9.17, 15) is 4.79 Å². The van der Waals surface area contributed by atoms with Gasteiger partial charge in [0.1, 0.15) is 0 Å². The number of carbonyl (C=O) groups is 1. The van der Waals surface area contributed by atoms with Crippen molar-refractivity contribution in [1.29, 1.82) is 0 Å². The van der Waals surface area contributed by atoms with Gasteiger partial charge in [-0.2, -0.15) is 0 Å². The highest BCUT2D eigenvalue weighted by molar-refractivity contribution is 5.67. The van der Waals surface area contributed by atoms with E-state index in [4.69, 9.17) is 4.74 Å². The van der Waals surface area contributed by atoms with Gasteiger partial charge in [0.15, 0.2) is 0 Å². The van der Waals surface area contributed by atoms with E-state index in [0.717, 1.165) is 32.5 Å². The van der Waals surface area contributed by atoms with Crippen LogP contribution in [0.2, 0.25) is 0 Å². The number of hydrogen-bond acceptors (Lipinski definition) is 3. The van der Waals surface area contributed by atoms with Crippen LogP contribution in [0.1, 0.15) is 19.8 Å². The number of rotatable bonds is 3. The number of nitrogens with zero attached hydrogens (tertiary/aromatic N) is 1. The number of amides is 1. The molecule has 14 heavy (non-hydrogen) atoms. The predicted molar refractivity (Wildman–Crippen MR) is 55.2 cm³/mol. The average Bonchev–Trinajstić information content (AvgIpc) is 2.20. The maximum absolute atomic E-state index is 11.4. The van der Waals surface area contributed by atoms with E-state index in [1.807, 2.05) is 14.0 Å². The summed E-state index contributed by atoms with van der Waals surface area (Å²) in [4.78, 5) is 13.2. The number of ether oxygens (including phenoxy) is 1. The van der Waals surface area contributed by atoms with Gasteiger partial charge in [0.05, 0.1) is 6.61 Å². The first-order valence-electron chi connectivity index (χ1n) is 5.34. The van der Waals surface area contributed by atoms with Gasteiger partial charge in [0.2, 0.25) is 0 Å². The Labute approximate surface area is 85.6 Å². The molecule has 0 atom stereocenters. The third-order valence-corrected chi connectivity index (χ3v) is 2.63. The number of piperidine rings is 1. The summed E-state index contributed by atoms with van der Waals surface area (Å²) in [5.41, 5.74) is 0. The summed E-state index contributed by atoms with van der Waals surface area (Å²) >= 11 is 0. The molecule has 1 saturated heterocycles. The summed E-state index contributed by atoms with van der Waals surface area (Å²) in [6.07, 6.45) is 2.01. The number of likely N-dealkylation sites (tertiary alicyclic amines) is 1. The first-order chi connectivity index (χ1) is 6.77. The molecule has 0 unspecified atom stereocenters. The zero-order chi connectivity index (χ0) is 10.4. The fourth-order valence-corrected chi connectivity index (χ4v) is 1.82. The Kier molecular flexibility index (Phi) is 4.73. The molecule has 1 aliphatic heterocycles. The quantitative estimate of drug-likeness (QED) is 0.741. The fraction of sp³-hybridized carbons (Fsp3) is 0.900. The van der Waals surface area contributed by atoms with Crippen LogP contribution in [0.3, 0.4) is 0 Å². The van der Waals surface area contributed by atoms with Crippen molar-refractivity contribution in [2.24, 2.45) is 5.92 Å². The van der Waals surface area contributed by atoms with Crippen LogP contribution in [0.5, 0.6) is 0 Å². The van der Waals surface area contributed by atoms with E-state index in [1.165, 1.54) is 0 Å². The van der Waals surface area contributed by atoms with Crippen LogP contribution < -0.4 is 5.32 Å². The van der Waals surface area contributed by atoms with Gasteiger partial charge in [-0.25, -0.2) is 4.79 Å². The fourth-order valence-electron chi connectivity index (χ4n) is 1.82. The van der Waals surface area contributed by atoms with Gasteiger partial charge in [-0.3, -0.25) is 0 Å². The van der Waals surface area contributed by atoms with Crippen molar-refractivity contribution in [1.82, 2.24) is 10.2 Å². The minimum absolute atomic E-state index is 0.157. The Morgan fingerprint density at radius 1 is 1.50 bits per heavy atom. The Balaban J connectivity index is 2.24. The van der Waals surface area contributed by atoms with Gasteiger partial charge in [-0.1, -0.05) is 0 Å². The third-order valence-electron chi connectivity index (χ3n) is 2.63. The van der Waals surface area contributed by atoms with E-state index >= 15 is 0 Å². The standard InChI is InChI=1S/C10H20N2O2/c1-3-14-10(13)12-6-4-9(5-7-12)8-11-2/h9,11H,3-8H2,1-2H3. The van der Waals surface area contributed by atoms with Crippen LogP contribution in [-0.4, -0.2) is 44.3 Å². The molecule has 0 aromatic rings. The summed E-state index contributed by atoms with van der Waals surface area (Å²) in [5.74, 6) is 0.714. The normalized spacial score (nSPS) is 18.3. The lowest BCUT2D eigenvalue weighted by Gasteiger charge is -2.31. The molecule has 82 valence electrons. The molecule has 0 aliphatic carbocycles. The van der Waals surface area contributed by atoms with Crippen LogP contribution in [0.4, 0.5) is 4.79 Å². The molecular formula is C10H20N2O2. The lowest BCUT2D eigenvalue weighted by atomic mass is 9.97. The smallest absolute Gasteiger partial charge is 0.409 e. The lowest BCUT2D eigenvalue weighted by molar-refractivity contribution is 0.0919. The number of nitrogens with one attached hydrogen (secondary N) is 1. The third kappa shape index (κ3) is 3.18. The lowest BCUT2D eigenvalue weighted by Crippen LogP contribution is -2.40. The summed E-state index contributed by atoms with van der Waals surface area (Å²) in [6.45, 7) is 5.04. The minimum Gasteiger partial charge on any atom is -0.450 e. The molecule has 1 amide bonds. The largest absolute Gasteiger partial charge is 0.450 e. The molecular weight excluding hydrogens is 180 g/mol. The zero-order valence-corrected chi connectivity index (χ0v) is 9.08. The Morgan fingerprint density at radius 3 is 2.64 bits per heavy atom. The molecule has 0 radical (unpaired) electrons. The highest BCUT2D eigenvalue weighted by Crippen LogP contribution is 2.16. The molecule has 1 aliphatic rings. The van der Waals surface area contributed by atoms with Crippen LogP contribution in [0, 0.1) is 5.92 Å². The number of carbonyl (C=O) groups excluding carboxylic acids is 1. The van der Waals surface area contributed by atoms with E-state index in [0.29, 0.717) is 12.5 Å². The van der Waals surface area contributed by atoms with Gasteiger partial charge in [0.25, 0.3) is 0 Å². The minimum atomic E-state index is -0.157. The van der Waals surface area contributed by atoms with Gasteiger partial charge in [-0.15, -0.1) is 0 Å². The first-order valence-corrected chi connectivity index (χ1v) is 5.34. The van der Waals surface area contributed by atoms with Crippen LogP contribution >= 0.6 is 0 Å². The zero-order valence-electron chi connectivity index (χ0n) is 9.08. The highest BCUT2D eigenvalue weighted by Gasteiger charge is 2.22. The molecule has 0 spiro atoms. The van der Waals surface area contributed by atoms with Crippen molar-refractivity contribution in [3.05, 3.63) is 0 Å². The summed E-state index contributed by atoms with van der Waals surface area (Å²) in [7, 11) is 1.97. The van der Waals surface area contributed by atoms with Gasteiger partial charge >= 0.3 is 6.09 Å². The predicted octanol–water partition coefficient (Wildman–Crippen LogP) is 1.07. The monoisotopic (exact) mass is 200 g/mol. The van der Waals surface area contributed by atoms with Crippen molar-refractivity contribution in [2.75, 3.05) is 33.3 Å². The van der Waals surface area contributed by atoms with Crippen LogP contribution in [0.25, 0.3) is 0 Å². The second kappa shape index (κ2) is 5.86. The average molecular weight is 200 g/mol. The van der Waals surface area contributed by atoms with Crippen molar-refractivity contribution in [2.45, 2.75) is 19.8 Å². The molecule has 1 heterocycles. The van der Waals surface area contributed by atoms with Gasteiger partial charge in [-0.05, 0) is 39.3 Å². The summed E-state index contributed by atoms with van der Waals surface area (Å²) < 4.78 is 4.95. The van der Waals surface area contributed by atoms with E-state index in [-0.39, 0.29) is 6.09 Å².